The molecule has 0 spiro atoms. The van der Waals surface area contributed by atoms with Gasteiger partial charge in [-0.3, -0.25) is 9.79 Å². The van der Waals surface area contributed by atoms with Gasteiger partial charge in [-0.25, -0.2) is 0 Å². The van der Waals surface area contributed by atoms with Gasteiger partial charge >= 0.3 is 0 Å². The molecule has 2 aliphatic rings. The first kappa shape index (κ1) is 26.4. The molecule has 0 aromatic carbocycles. The standard InChI is InChI=1S/C21H40N4O3.HI/c1-3-22-21(23-12-7-14-24-13-6-4-5-9-20(24)26)25-15-10-19(11-16-25)28-18-8-17-27-2;/h19H,3-18H2,1-2H3,(H,22,23);1H. The summed E-state index contributed by atoms with van der Waals surface area (Å²) in [6, 6.07) is 0. The van der Waals surface area contributed by atoms with E-state index in [4.69, 9.17) is 14.5 Å². The van der Waals surface area contributed by atoms with Crippen molar-refractivity contribution in [3.8, 4) is 0 Å². The molecule has 0 aromatic heterocycles. The Balaban J connectivity index is 0.00000420. The number of rotatable bonds is 10. The van der Waals surface area contributed by atoms with E-state index in [1.807, 2.05) is 4.90 Å². The lowest BCUT2D eigenvalue weighted by molar-refractivity contribution is -0.130. The fourth-order valence-electron chi connectivity index (χ4n) is 3.83. The third-order valence-corrected chi connectivity index (χ3v) is 5.44. The quantitative estimate of drug-likeness (QED) is 0.206. The summed E-state index contributed by atoms with van der Waals surface area (Å²) in [5.41, 5.74) is 0. The number of carbonyl (C=O) groups is 1. The first-order valence-corrected chi connectivity index (χ1v) is 11.2. The monoisotopic (exact) mass is 524 g/mol. The molecule has 2 heterocycles. The maximum atomic E-state index is 12.1. The molecule has 7 nitrogen and oxygen atoms in total. The summed E-state index contributed by atoms with van der Waals surface area (Å²) in [6.07, 6.45) is 8.40. The van der Waals surface area contributed by atoms with E-state index in [1.165, 1.54) is 6.42 Å². The molecule has 1 N–H and O–H groups in total. The Morgan fingerprint density at radius 3 is 2.66 bits per heavy atom. The maximum absolute atomic E-state index is 12.1. The molecule has 170 valence electrons. The van der Waals surface area contributed by atoms with E-state index in [-0.39, 0.29) is 24.0 Å². The minimum absolute atomic E-state index is 0. The van der Waals surface area contributed by atoms with Crippen LogP contribution in [0.15, 0.2) is 4.99 Å². The lowest BCUT2D eigenvalue weighted by Crippen LogP contribution is -2.47. The molecule has 29 heavy (non-hydrogen) atoms. The molecule has 0 bridgehead atoms. The summed E-state index contributed by atoms with van der Waals surface area (Å²) < 4.78 is 11.0. The van der Waals surface area contributed by atoms with E-state index in [0.29, 0.717) is 18.4 Å². The molecule has 0 aliphatic carbocycles. The van der Waals surface area contributed by atoms with Gasteiger partial charge in [0.25, 0.3) is 0 Å². The van der Waals surface area contributed by atoms with Crippen molar-refractivity contribution in [1.29, 1.82) is 0 Å². The van der Waals surface area contributed by atoms with Crippen LogP contribution >= 0.6 is 24.0 Å². The second kappa shape index (κ2) is 16.1. The Bertz CT molecular complexity index is 471. The van der Waals surface area contributed by atoms with Gasteiger partial charge in [0.05, 0.1) is 6.10 Å². The van der Waals surface area contributed by atoms with E-state index >= 15 is 0 Å². The number of likely N-dealkylation sites (tertiary alicyclic amines) is 2. The van der Waals surface area contributed by atoms with Crippen LogP contribution in [-0.2, 0) is 14.3 Å². The Hall–Kier alpha value is -0.610. The van der Waals surface area contributed by atoms with Crippen LogP contribution < -0.4 is 5.32 Å². The molecule has 2 aliphatic heterocycles. The van der Waals surface area contributed by atoms with Gasteiger partial charge in [-0.1, -0.05) is 6.42 Å². The number of nitrogens with one attached hydrogen (secondary N) is 1. The first-order valence-electron chi connectivity index (χ1n) is 11.2. The van der Waals surface area contributed by atoms with Crippen molar-refractivity contribution in [2.45, 2.75) is 64.4 Å². The van der Waals surface area contributed by atoms with Crippen molar-refractivity contribution < 1.29 is 14.3 Å². The number of hydrogen-bond acceptors (Lipinski definition) is 4. The third kappa shape index (κ3) is 10.3. The number of nitrogens with zero attached hydrogens (tertiary/aromatic N) is 3. The lowest BCUT2D eigenvalue weighted by atomic mass is 10.1. The normalized spacial score (nSPS) is 19.1. The van der Waals surface area contributed by atoms with Crippen molar-refractivity contribution in [2.24, 2.45) is 4.99 Å². The summed E-state index contributed by atoms with van der Waals surface area (Å²) in [7, 11) is 1.73. The zero-order valence-electron chi connectivity index (χ0n) is 18.4. The molecule has 2 saturated heterocycles. The molecule has 8 heteroatoms. The number of methoxy groups -OCH3 is 1. The molecule has 0 atom stereocenters. The Morgan fingerprint density at radius 2 is 1.93 bits per heavy atom. The minimum Gasteiger partial charge on any atom is -0.385 e. The summed E-state index contributed by atoms with van der Waals surface area (Å²) in [6.45, 7) is 8.99. The smallest absolute Gasteiger partial charge is 0.222 e. The average Bonchev–Trinajstić information content (AvgIpc) is 2.92. The fraction of sp³-hybridized carbons (Fsp3) is 0.905. The second-order valence-corrected chi connectivity index (χ2v) is 7.68. The molecule has 0 saturated carbocycles. The number of guanidine groups is 1. The predicted octanol–water partition coefficient (Wildman–Crippen LogP) is 2.88. The molecule has 2 rings (SSSR count). The van der Waals surface area contributed by atoms with Crippen molar-refractivity contribution in [1.82, 2.24) is 15.1 Å². The highest BCUT2D eigenvalue weighted by Crippen LogP contribution is 2.15. The van der Waals surface area contributed by atoms with E-state index in [1.54, 1.807) is 7.11 Å². The molecule has 0 aromatic rings. The van der Waals surface area contributed by atoms with Crippen LogP contribution in [0.3, 0.4) is 0 Å². The molecule has 0 radical (unpaired) electrons. The van der Waals surface area contributed by atoms with Gasteiger partial charge in [0.15, 0.2) is 5.96 Å². The van der Waals surface area contributed by atoms with Crippen LogP contribution in [0.4, 0.5) is 0 Å². The van der Waals surface area contributed by atoms with Gasteiger partial charge in [0, 0.05) is 66.0 Å². The summed E-state index contributed by atoms with van der Waals surface area (Å²) in [5, 5.41) is 3.42. The van der Waals surface area contributed by atoms with Crippen LogP contribution in [0.1, 0.15) is 58.3 Å². The average molecular weight is 524 g/mol. The van der Waals surface area contributed by atoms with E-state index in [2.05, 4.69) is 17.1 Å². The van der Waals surface area contributed by atoms with Crippen LogP contribution in [0.25, 0.3) is 0 Å². The van der Waals surface area contributed by atoms with Gasteiger partial charge in [0.2, 0.25) is 5.91 Å². The van der Waals surface area contributed by atoms with E-state index < -0.39 is 0 Å². The van der Waals surface area contributed by atoms with Crippen LogP contribution in [-0.4, -0.2) is 87.4 Å². The highest BCUT2D eigenvalue weighted by molar-refractivity contribution is 14.0. The number of halogens is 1. The number of piperidine rings is 1. The minimum atomic E-state index is 0. The summed E-state index contributed by atoms with van der Waals surface area (Å²) in [5.74, 6) is 1.32. The first-order chi connectivity index (χ1) is 13.7. The molecule has 2 fully saturated rings. The van der Waals surface area contributed by atoms with Crippen molar-refractivity contribution >= 4 is 35.8 Å². The number of amides is 1. The molecule has 0 unspecified atom stereocenters. The zero-order chi connectivity index (χ0) is 20.0. The van der Waals surface area contributed by atoms with Gasteiger partial charge < -0.3 is 24.6 Å². The SMILES string of the molecule is CCNC(=NCCCN1CCCCCC1=O)N1CCC(OCCCOC)CC1.I. The number of carbonyl (C=O) groups excluding carboxylic acids is 1. The maximum Gasteiger partial charge on any atom is 0.222 e. The van der Waals surface area contributed by atoms with E-state index in [0.717, 1.165) is 97.0 Å². The van der Waals surface area contributed by atoms with Gasteiger partial charge in [-0.2, -0.15) is 0 Å². The van der Waals surface area contributed by atoms with Gasteiger partial charge in [-0.05, 0) is 45.4 Å². The largest absolute Gasteiger partial charge is 0.385 e. The lowest BCUT2D eigenvalue weighted by Gasteiger charge is -2.34. The Kier molecular flexibility index (Phi) is 14.7. The molecular weight excluding hydrogens is 483 g/mol. The number of hydrogen-bond donors (Lipinski definition) is 1. The Morgan fingerprint density at radius 1 is 1.14 bits per heavy atom. The third-order valence-electron chi connectivity index (χ3n) is 5.44. The fourth-order valence-corrected chi connectivity index (χ4v) is 3.83. The van der Waals surface area contributed by atoms with Crippen molar-refractivity contribution in [3.63, 3.8) is 0 Å². The highest BCUT2D eigenvalue weighted by Gasteiger charge is 2.22. The van der Waals surface area contributed by atoms with Crippen LogP contribution in [0.2, 0.25) is 0 Å². The highest BCUT2D eigenvalue weighted by atomic mass is 127. The van der Waals surface area contributed by atoms with Crippen LogP contribution in [0.5, 0.6) is 0 Å². The van der Waals surface area contributed by atoms with Crippen LogP contribution in [0, 0.1) is 0 Å². The van der Waals surface area contributed by atoms with Crippen molar-refractivity contribution in [3.05, 3.63) is 0 Å². The van der Waals surface area contributed by atoms with Gasteiger partial charge in [0.1, 0.15) is 0 Å². The Labute approximate surface area is 194 Å². The summed E-state index contributed by atoms with van der Waals surface area (Å²) in [4.78, 5) is 21.3. The number of ether oxygens (including phenoxy) is 2. The summed E-state index contributed by atoms with van der Waals surface area (Å²) >= 11 is 0. The van der Waals surface area contributed by atoms with E-state index in [9.17, 15) is 4.79 Å². The second-order valence-electron chi connectivity index (χ2n) is 7.68. The zero-order valence-corrected chi connectivity index (χ0v) is 20.7. The number of aliphatic imine (C=N–C) groups is 1. The molecule has 1 amide bonds. The van der Waals surface area contributed by atoms with Crippen molar-refractivity contribution in [2.75, 3.05) is 59.6 Å². The topological polar surface area (TPSA) is 66.4 Å². The molecular formula is C21H41IN4O3. The predicted molar refractivity (Wildman–Crippen MR) is 128 cm³/mol. The van der Waals surface area contributed by atoms with Gasteiger partial charge in [-0.15, -0.1) is 24.0 Å².